The maximum absolute atomic E-state index is 12.2. The Morgan fingerprint density at radius 1 is 1.18 bits per heavy atom. The van der Waals surface area contributed by atoms with E-state index in [-0.39, 0.29) is 18.7 Å². The molecule has 0 saturated carbocycles. The molecule has 1 atom stereocenters. The molecule has 0 saturated heterocycles. The van der Waals surface area contributed by atoms with Gasteiger partial charge in [0.05, 0.1) is 16.9 Å². The largest absolute Gasteiger partial charge is 0.467 e. The van der Waals surface area contributed by atoms with Crippen molar-refractivity contribution < 1.29 is 24.4 Å². The molecule has 0 bridgehead atoms. The number of nitro groups is 1. The van der Waals surface area contributed by atoms with E-state index in [0.29, 0.717) is 10.6 Å². The van der Waals surface area contributed by atoms with Crippen LogP contribution in [-0.4, -0.2) is 45.9 Å². The first kappa shape index (κ1) is 21.2. The molecule has 0 aromatic heterocycles. The number of esters is 1. The number of para-hydroxylation sites is 1. The predicted molar refractivity (Wildman–Crippen MR) is 104 cm³/mol. The lowest BCUT2D eigenvalue weighted by atomic mass is 10.1. The lowest BCUT2D eigenvalue weighted by Gasteiger charge is -2.27. The van der Waals surface area contributed by atoms with Crippen molar-refractivity contribution in [2.75, 3.05) is 12.9 Å². The summed E-state index contributed by atoms with van der Waals surface area (Å²) in [6.45, 7) is 0.0338. The summed E-state index contributed by atoms with van der Waals surface area (Å²) in [6, 6.07) is 14.2. The van der Waals surface area contributed by atoms with Crippen molar-refractivity contribution in [1.82, 2.24) is 4.90 Å². The van der Waals surface area contributed by atoms with Crippen molar-refractivity contribution in [3.05, 3.63) is 70.3 Å². The van der Waals surface area contributed by atoms with E-state index < -0.39 is 23.0 Å². The van der Waals surface area contributed by atoms with E-state index in [1.165, 1.54) is 24.9 Å². The van der Waals surface area contributed by atoms with E-state index in [2.05, 4.69) is 0 Å². The second-order valence-corrected chi connectivity index (χ2v) is 6.93. The molecule has 2 aromatic rings. The number of rotatable bonds is 9. The summed E-state index contributed by atoms with van der Waals surface area (Å²) in [4.78, 5) is 36.1. The van der Waals surface area contributed by atoms with Crippen molar-refractivity contribution in [2.45, 2.75) is 23.9 Å². The van der Waals surface area contributed by atoms with Gasteiger partial charge in [0, 0.05) is 18.4 Å². The van der Waals surface area contributed by atoms with Gasteiger partial charge in [-0.05, 0) is 18.1 Å². The zero-order valence-electron chi connectivity index (χ0n) is 15.2. The molecule has 0 heterocycles. The number of nitrogens with zero attached hydrogens (tertiary/aromatic N) is 2. The number of hydrogen-bond donors (Lipinski definition) is 1. The lowest BCUT2D eigenvalue weighted by Crippen LogP contribution is -2.44. The number of hydrogen-bond acceptors (Lipinski definition) is 6. The zero-order chi connectivity index (χ0) is 20.5. The van der Waals surface area contributed by atoms with Crippen LogP contribution in [0.15, 0.2) is 59.5 Å². The molecule has 2 rings (SSSR count). The number of nitro benzene ring substituents is 1. The summed E-state index contributed by atoms with van der Waals surface area (Å²) in [6.07, 6.45) is -1.09. The molecular formula is C19H20N2O6S. The summed E-state index contributed by atoms with van der Waals surface area (Å²) < 4.78 is 4.78. The van der Waals surface area contributed by atoms with Crippen molar-refractivity contribution in [3.8, 4) is 0 Å². The Morgan fingerprint density at radius 3 is 2.43 bits per heavy atom. The van der Waals surface area contributed by atoms with Crippen LogP contribution in [0.5, 0.6) is 0 Å². The van der Waals surface area contributed by atoms with Gasteiger partial charge in [-0.1, -0.05) is 42.5 Å². The molecule has 1 N–H and O–H groups in total. The minimum atomic E-state index is -1.24. The van der Waals surface area contributed by atoms with Crippen LogP contribution in [0.2, 0.25) is 0 Å². The van der Waals surface area contributed by atoms with Crippen molar-refractivity contribution in [3.63, 3.8) is 0 Å². The highest BCUT2D eigenvalue weighted by Crippen LogP contribution is 2.30. The quantitative estimate of drug-likeness (QED) is 0.293. The smallest absolute Gasteiger partial charge is 0.408 e. The van der Waals surface area contributed by atoms with Crippen LogP contribution in [0.25, 0.3) is 0 Å². The van der Waals surface area contributed by atoms with Crippen LogP contribution in [-0.2, 0) is 16.1 Å². The first-order valence-electron chi connectivity index (χ1n) is 8.41. The average Bonchev–Trinajstić information content (AvgIpc) is 2.70. The van der Waals surface area contributed by atoms with E-state index in [1.54, 1.807) is 42.5 Å². The van der Waals surface area contributed by atoms with Gasteiger partial charge in [-0.25, -0.2) is 9.59 Å². The fraction of sp³-hybridized carbons (Fsp3) is 0.263. The number of ether oxygens (including phenoxy) is 1. The molecule has 0 fully saturated rings. The molecule has 2 aromatic carbocycles. The van der Waals surface area contributed by atoms with Gasteiger partial charge < -0.3 is 9.84 Å². The summed E-state index contributed by atoms with van der Waals surface area (Å²) in [5.41, 5.74) is 0.714. The van der Waals surface area contributed by atoms with Crippen LogP contribution in [0.1, 0.15) is 12.0 Å². The number of benzene rings is 2. The number of thioether (sulfide) groups is 1. The minimum Gasteiger partial charge on any atom is -0.467 e. The van der Waals surface area contributed by atoms with E-state index in [0.717, 1.165) is 10.5 Å². The van der Waals surface area contributed by atoms with Gasteiger partial charge in [0.15, 0.2) is 0 Å². The number of carbonyl (C=O) groups excluding carboxylic acids is 1. The highest BCUT2D eigenvalue weighted by molar-refractivity contribution is 7.99. The molecule has 0 aliphatic rings. The zero-order valence-corrected chi connectivity index (χ0v) is 16.0. The van der Waals surface area contributed by atoms with Crippen molar-refractivity contribution in [1.29, 1.82) is 0 Å². The molecule has 0 aliphatic heterocycles. The Labute approximate surface area is 166 Å². The fourth-order valence-electron chi connectivity index (χ4n) is 2.64. The molecule has 9 heteroatoms. The standard InChI is InChI=1S/C19H20N2O6S/c1-27-18(22)16(20(19(23)24)13-14-7-3-2-4-8-14)11-12-28-17-10-6-5-9-15(17)21(25)26/h2-10,16H,11-13H2,1H3,(H,23,24)/t16-/m0/s1. The summed E-state index contributed by atoms with van der Waals surface area (Å²) in [5, 5.41) is 20.7. The molecule has 0 spiro atoms. The first-order chi connectivity index (χ1) is 13.4. The topological polar surface area (TPSA) is 110 Å². The van der Waals surface area contributed by atoms with Crippen LogP contribution in [0, 0.1) is 10.1 Å². The van der Waals surface area contributed by atoms with Crippen molar-refractivity contribution >= 4 is 29.5 Å². The average molecular weight is 404 g/mol. The third-order valence-electron chi connectivity index (χ3n) is 4.00. The van der Waals surface area contributed by atoms with Gasteiger partial charge in [-0.3, -0.25) is 15.0 Å². The maximum atomic E-state index is 12.2. The van der Waals surface area contributed by atoms with Gasteiger partial charge in [0.1, 0.15) is 6.04 Å². The Morgan fingerprint density at radius 2 is 1.82 bits per heavy atom. The second kappa shape index (κ2) is 10.3. The molecule has 148 valence electrons. The Bertz CT molecular complexity index is 830. The van der Waals surface area contributed by atoms with Gasteiger partial charge in [0.2, 0.25) is 0 Å². The molecular weight excluding hydrogens is 384 g/mol. The van der Waals surface area contributed by atoms with E-state index in [1.807, 2.05) is 6.07 Å². The first-order valence-corrected chi connectivity index (χ1v) is 9.40. The van der Waals surface area contributed by atoms with Gasteiger partial charge in [-0.2, -0.15) is 0 Å². The third-order valence-corrected chi connectivity index (χ3v) is 5.10. The highest BCUT2D eigenvalue weighted by atomic mass is 32.2. The van der Waals surface area contributed by atoms with Crippen LogP contribution >= 0.6 is 11.8 Å². The molecule has 0 aliphatic carbocycles. The fourth-order valence-corrected chi connectivity index (χ4v) is 3.67. The number of carboxylic acid groups (broad SMARTS) is 1. The van der Waals surface area contributed by atoms with E-state index in [9.17, 15) is 24.8 Å². The summed E-state index contributed by atoms with van der Waals surface area (Å²) in [7, 11) is 1.20. The summed E-state index contributed by atoms with van der Waals surface area (Å²) in [5.74, 6) is -0.357. The van der Waals surface area contributed by atoms with Crippen LogP contribution < -0.4 is 0 Å². The Kier molecular flexibility index (Phi) is 7.82. The van der Waals surface area contributed by atoms with E-state index >= 15 is 0 Å². The van der Waals surface area contributed by atoms with Crippen LogP contribution in [0.4, 0.5) is 10.5 Å². The molecule has 28 heavy (non-hydrogen) atoms. The Hall–Kier alpha value is -3.07. The van der Waals surface area contributed by atoms with Gasteiger partial charge >= 0.3 is 12.1 Å². The second-order valence-electron chi connectivity index (χ2n) is 5.80. The monoisotopic (exact) mass is 404 g/mol. The van der Waals surface area contributed by atoms with Crippen LogP contribution in [0.3, 0.4) is 0 Å². The molecule has 8 nitrogen and oxygen atoms in total. The minimum absolute atomic E-state index is 0.0264. The predicted octanol–water partition coefficient (Wildman–Crippen LogP) is 3.80. The third kappa shape index (κ3) is 5.71. The number of amides is 1. The normalized spacial score (nSPS) is 11.5. The van der Waals surface area contributed by atoms with Gasteiger partial charge in [-0.15, -0.1) is 11.8 Å². The highest BCUT2D eigenvalue weighted by Gasteiger charge is 2.30. The Balaban J connectivity index is 2.13. The number of methoxy groups -OCH3 is 1. The SMILES string of the molecule is COC(=O)[C@H](CCSc1ccccc1[N+](=O)[O-])N(Cc1ccccc1)C(=O)O. The summed E-state index contributed by atoms with van der Waals surface area (Å²) >= 11 is 1.20. The maximum Gasteiger partial charge on any atom is 0.408 e. The molecule has 1 amide bonds. The number of carbonyl (C=O) groups is 2. The van der Waals surface area contributed by atoms with Gasteiger partial charge in [0.25, 0.3) is 5.69 Å². The molecule has 0 radical (unpaired) electrons. The van der Waals surface area contributed by atoms with E-state index in [4.69, 9.17) is 4.74 Å². The van der Waals surface area contributed by atoms with Crippen molar-refractivity contribution in [2.24, 2.45) is 0 Å². The lowest BCUT2D eigenvalue weighted by molar-refractivity contribution is -0.387. The molecule has 0 unspecified atom stereocenters.